The van der Waals surface area contributed by atoms with E-state index in [1.54, 1.807) is 6.92 Å². The summed E-state index contributed by atoms with van der Waals surface area (Å²) < 4.78 is 5.09. The van der Waals surface area contributed by atoms with Crippen molar-refractivity contribution in [2.75, 3.05) is 6.61 Å². The normalized spacial score (nSPS) is 10.2. The number of ether oxygens (including phenoxy) is 1. The minimum absolute atomic E-state index is 0.223. The van der Waals surface area contributed by atoms with Crippen LogP contribution in [0.2, 0.25) is 0 Å². The van der Waals surface area contributed by atoms with Crippen LogP contribution >= 0.6 is 0 Å². The first-order chi connectivity index (χ1) is 7.95. The molecule has 0 aliphatic carbocycles. The second-order valence-electron chi connectivity index (χ2n) is 4.55. The van der Waals surface area contributed by atoms with Crippen LogP contribution in [0.5, 0.6) is 0 Å². The van der Waals surface area contributed by atoms with Crippen molar-refractivity contribution in [3.05, 3.63) is 34.9 Å². The Bertz CT molecular complexity index is 325. The maximum Gasteiger partial charge on any atom is 0.333 e. The average Bonchev–Trinajstić information content (AvgIpc) is 2.25. The Balaban J connectivity index is 3.78. The fourth-order valence-electron chi connectivity index (χ4n) is 1.09. The van der Waals surface area contributed by atoms with Gasteiger partial charge in [0.25, 0.3) is 0 Å². The molecule has 0 amide bonds. The number of allylic oxidation sites excluding steroid dienone is 4. The fourth-order valence-corrected chi connectivity index (χ4v) is 1.09. The number of carbonyl (C=O) groups excluding carboxylic acids is 1. The molecule has 0 aliphatic heterocycles. The van der Waals surface area contributed by atoms with Crippen LogP contribution in [-0.4, -0.2) is 12.6 Å². The molecule has 0 saturated heterocycles. The zero-order valence-corrected chi connectivity index (χ0v) is 11.7. The third-order valence-electron chi connectivity index (χ3n) is 2.42. The van der Waals surface area contributed by atoms with Crippen molar-refractivity contribution >= 4 is 5.97 Å². The van der Waals surface area contributed by atoms with Crippen molar-refractivity contribution in [2.45, 2.75) is 47.5 Å². The molecular formula is C15H24O2. The van der Waals surface area contributed by atoms with E-state index >= 15 is 0 Å². The van der Waals surface area contributed by atoms with E-state index in [1.807, 2.05) is 26.0 Å². The molecule has 96 valence electrons. The molecule has 2 nitrogen and oxygen atoms in total. The lowest BCUT2D eigenvalue weighted by Gasteiger charge is -2.03. The Hall–Kier alpha value is -1.31. The zero-order chi connectivity index (χ0) is 13.3. The summed E-state index contributed by atoms with van der Waals surface area (Å²) in [6, 6.07) is 0. The van der Waals surface area contributed by atoms with E-state index in [1.165, 1.54) is 5.57 Å². The van der Waals surface area contributed by atoms with Gasteiger partial charge in [0.05, 0.1) is 0 Å². The lowest BCUT2D eigenvalue weighted by Crippen LogP contribution is -2.06. The van der Waals surface area contributed by atoms with E-state index in [9.17, 15) is 4.79 Å². The van der Waals surface area contributed by atoms with Crippen LogP contribution in [-0.2, 0) is 9.53 Å². The molecule has 2 heteroatoms. The smallest absolute Gasteiger partial charge is 0.333 e. The van der Waals surface area contributed by atoms with E-state index in [2.05, 4.69) is 19.9 Å². The topological polar surface area (TPSA) is 26.3 Å². The largest absolute Gasteiger partial charge is 0.458 e. The Labute approximate surface area is 105 Å². The predicted molar refractivity (Wildman–Crippen MR) is 72.8 cm³/mol. The highest BCUT2D eigenvalue weighted by atomic mass is 16.5. The summed E-state index contributed by atoms with van der Waals surface area (Å²) in [5, 5.41) is 0. The van der Waals surface area contributed by atoms with Crippen molar-refractivity contribution in [1.29, 1.82) is 0 Å². The lowest BCUT2D eigenvalue weighted by molar-refractivity contribution is -0.137. The minimum atomic E-state index is -0.223. The highest BCUT2D eigenvalue weighted by molar-refractivity contribution is 5.88. The Morgan fingerprint density at radius 3 is 2.18 bits per heavy atom. The van der Waals surface area contributed by atoms with Crippen molar-refractivity contribution in [3.63, 3.8) is 0 Å². The molecular weight excluding hydrogens is 212 g/mol. The van der Waals surface area contributed by atoms with Gasteiger partial charge in [-0.2, -0.15) is 0 Å². The summed E-state index contributed by atoms with van der Waals surface area (Å²) in [6.07, 6.45) is 8.17. The molecule has 0 atom stereocenters. The monoisotopic (exact) mass is 236 g/mol. The molecule has 0 aliphatic rings. The highest BCUT2D eigenvalue weighted by Gasteiger charge is 2.05. The van der Waals surface area contributed by atoms with Gasteiger partial charge in [0.2, 0.25) is 0 Å². The van der Waals surface area contributed by atoms with Crippen LogP contribution in [0.25, 0.3) is 0 Å². The number of rotatable bonds is 6. The van der Waals surface area contributed by atoms with Gasteiger partial charge in [-0.25, -0.2) is 4.79 Å². The summed E-state index contributed by atoms with van der Waals surface area (Å²) >= 11 is 0. The third kappa shape index (κ3) is 8.49. The third-order valence-corrected chi connectivity index (χ3v) is 2.42. The van der Waals surface area contributed by atoms with Gasteiger partial charge in [0, 0.05) is 5.57 Å². The first kappa shape index (κ1) is 15.7. The van der Waals surface area contributed by atoms with Gasteiger partial charge in [-0.15, -0.1) is 0 Å². The Morgan fingerprint density at radius 2 is 1.65 bits per heavy atom. The molecule has 0 saturated carbocycles. The number of unbranched alkanes of at least 4 members (excludes halogenated alkanes) is 1. The van der Waals surface area contributed by atoms with Crippen molar-refractivity contribution in [3.8, 4) is 0 Å². The van der Waals surface area contributed by atoms with Gasteiger partial charge >= 0.3 is 5.97 Å². The SMILES string of the molecule is CC(C)=CCC/C=C/COC(=O)C(C)=C(C)C. The van der Waals surface area contributed by atoms with Gasteiger partial charge in [0.15, 0.2) is 0 Å². The average molecular weight is 236 g/mol. The predicted octanol–water partition coefficient (Wildman–Crippen LogP) is 4.19. The molecule has 0 bridgehead atoms. The first-order valence-electron chi connectivity index (χ1n) is 6.04. The number of hydrogen-bond donors (Lipinski definition) is 0. The minimum Gasteiger partial charge on any atom is -0.458 e. The molecule has 0 fully saturated rings. The molecule has 17 heavy (non-hydrogen) atoms. The summed E-state index contributed by atoms with van der Waals surface area (Å²) in [4.78, 5) is 11.4. The lowest BCUT2D eigenvalue weighted by atomic mass is 10.2. The summed E-state index contributed by atoms with van der Waals surface area (Å²) in [6.45, 7) is 10.1. The number of esters is 1. The molecule has 0 heterocycles. The number of hydrogen-bond acceptors (Lipinski definition) is 2. The van der Waals surface area contributed by atoms with Crippen LogP contribution in [0, 0.1) is 0 Å². The van der Waals surface area contributed by atoms with E-state index in [-0.39, 0.29) is 5.97 Å². The van der Waals surface area contributed by atoms with Crippen molar-refractivity contribution in [2.24, 2.45) is 0 Å². The molecule has 0 N–H and O–H groups in total. The molecule has 0 radical (unpaired) electrons. The zero-order valence-electron chi connectivity index (χ0n) is 11.7. The Kier molecular flexibility index (Phi) is 8.12. The van der Waals surface area contributed by atoms with Gasteiger partial charge in [-0.05, 0) is 47.5 Å². The second-order valence-corrected chi connectivity index (χ2v) is 4.55. The van der Waals surface area contributed by atoms with E-state index in [0.29, 0.717) is 12.2 Å². The maximum atomic E-state index is 11.4. The van der Waals surface area contributed by atoms with Crippen LogP contribution in [0.4, 0.5) is 0 Å². The molecule has 0 aromatic rings. The fraction of sp³-hybridized carbons (Fsp3) is 0.533. The van der Waals surface area contributed by atoms with Gasteiger partial charge in [0.1, 0.15) is 6.61 Å². The second kappa shape index (κ2) is 8.80. The molecule has 0 spiro atoms. The molecule has 0 unspecified atom stereocenters. The standard InChI is InChI=1S/C15H24O2/c1-12(2)10-8-6-7-9-11-17-15(16)14(5)13(3)4/h7,9-10H,6,8,11H2,1-5H3/b9-7+. The summed E-state index contributed by atoms with van der Waals surface area (Å²) in [5.74, 6) is -0.223. The van der Waals surface area contributed by atoms with Crippen LogP contribution in [0.3, 0.4) is 0 Å². The maximum absolute atomic E-state index is 11.4. The van der Waals surface area contributed by atoms with E-state index in [4.69, 9.17) is 4.74 Å². The molecule has 0 aromatic heterocycles. The van der Waals surface area contributed by atoms with Gasteiger partial charge in [-0.1, -0.05) is 29.4 Å². The molecule has 0 rings (SSSR count). The van der Waals surface area contributed by atoms with E-state index < -0.39 is 0 Å². The van der Waals surface area contributed by atoms with E-state index in [0.717, 1.165) is 18.4 Å². The van der Waals surface area contributed by atoms with Crippen LogP contribution in [0.1, 0.15) is 47.5 Å². The highest BCUT2D eigenvalue weighted by Crippen LogP contribution is 2.04. The van der Waals surface area contributed by atoms with Crippen molar-refractivity contribution < 1.29 is 9.53 Å². The van der Waals surface area contributed by atoms with Crippen molar-refractivity contribution in [1.82, 2.24) is 0 Å². The van der Waals surface area contributed by atoms with Gasteiger partial charge in [-0.3, -0.25) is 0 Å². The van der Waals surface area contributed by atoms with Gasteiger partial charge < -0.3 is 4.74 Å². The van der Waals surface area contributed by atoms with Crippen LogP contribution in [0.15, 0.2) is 34.9 Å². The van der Waals surface area contributed by atoms with Crippen LogP contribution < -0.4 is 0 Å². The quantitative estimate of drug-likeness (QED) is 0.299. The Morgan fingerprint density at radius 1 is 1.00 bits per heavy atom. The summed E-state index contributed by atoms with van der Waals surface area (Å²) in [5.41, 5.74) is 3.04. The summed E-state index contributed by atoms with van der Waals surface area (Å²) in [7, 11) is 0. The first-order valence-corrected chi connectivity index (χ1v) is 6.04. The number of carbonyl (C=O) groups is 1. The molecule has 0 aromatic carbocycles.